The molecular formula is C33H27F3NOP. The summed E-state index contributed by atoms with van der Waals surface area (Å²) in [6.07, 6.45) is -3.78. The van der Waals surface area contributed by atoms with E-state index in [1.54, 1.807) is 6.07 Å². The number of carbonyl (C=O) groups is 1. The van der Waals surface area contributed by atoms with E-state index in [1.807, 2.05) is 36.4 Å². The van der Waals surface area contributed by atoms with Crippen molar-refractivity contribution in [1.82, 2.24) is 0 Å². The van der Waals surface area contributed by atoms with Crippen molar-refractivity contribution in [2.75, 3.05) is 5.32 Å². The molecule has 2 nitrogen and oxygen atoms in total. The van der Waals surface area contributed by atoms with Gasteiger partial charge in [0.25, 0.3) is 0 Å². The summed E-state index contributed by atoms with van der Waals surface area (Å²) in [7, 11) is -2.58. The Morgan fingerprint density at radius 2 is 1.13 bits per heavy atom. The molecular weight excluding hydrogens is 514 g/mol. The first-order valence-electron chi connectivity index (χ1n) is 12.6. The fourth-order valence-electron chi connectivity index (χ4n) is 5.08. The molecule has 196 valence electrons. The van der Waals surface area contributed by atoms with E-state index < -0.39 is 24.9 Å². The molecule has 0 unspecified atom stereocenters. The first kappa shape index (κ1) is 26.4. The summed E-state index contributed by atoms with van der Waals surface area (Å²) in [6, 6.07) is 43.5. The van der Waals surface area contributed by atoms with Crippen LogP contribution in [0.5, 0.6) is 0 Å². The molecule has 0 saturated heterocycles. The molecule has 0 radical (unpaired) electrons. The Labute approximate surface area is 226 Å². The number of nitrogens with one attached hydrogen (secondary N) is 1. The number of alkyl halides is 3. The summed E-state index contributed by atoms with van der Waals surface area (Å²) in [5.74, 6) is -0.456. The van der Waals surface area contributed by atoms with E-state index in [2.05, 4.69) is 78.1 Å². The molecule has 0 aromatic heterocycles. The minimum atomic E-state index is -4.49. The van der Waals surface area contributed by atoms with Crippen LogP contribution in [0.2, 0.25) is 0 Å². The fourth-order valence-corrected chi connectivity index (χ4v) is 9.81. The van der Waals surface area contributed by atoms with E-state index in [9.17, 15) is 18.0 Å². The van der Waals surface area contributed by atoms with E-state index in [-0.39, 0.29) is 5.69 Å². The van der Waals surface area contributed by atoms with Crippen LogP contribution in [0.4, 0.5) is 18.9 Å². The average Bonchev–Trinajstić information content (AvgIpc) is 2.97. The molecule has 0 atom stereocenters. The summed E-state index contributed by atoms with van der Waals surface area (Å²) in [5, 5.41) is 6.38. The van der Waals surface area contributed by atoms with Crippen LogP contribution in [0, 0.1) is 0 Å². The zero-order valence-electron chi connectivity index (χ0n) is 21.0. The molecule has 5 aromatic carbocycles. The summed E-state index contributed by atoms with van der Waals surface area (Å²) in [5.41, 5.74) is 0.664. The molecule has 0 saturated carbocycles. The maximum atomic E-state index is 13.1. The van der Waals surface area contributed by atoms with E-state index in [0.29, 0.717) is 11.7 Å². The fraction of sp³-hybridized carbons (Fsp3) is 0.0606. The molecule has 1 N–H and O–H groups in total. The third-order valence-electron chi connectivity index (χ3n) is 6.91. The number of anilines is 1. The van der Waals surface area contributed by atoms with Crippen LogP contribution in [0.15, 0.2) is 140 Å². The molecule has 0 aliphatic heterocycles. The summed E-state index contributed by atoms with van der Waals surface area (Å²) in [6.45, 7) is 0. The van der Waals surface area contributed by atoms with Gasteiger partial charge in [0.1, 0.15) is 0 Å². The number of carbonyl (C=O) groups excluding carboxylic acids is 1. The van der Waals surface area contributed by atoms with Gasteiger partial charge in [-0.15, -0.1) is 0 Å². The van der Waals surface area contributed by atoms with Gasteiger partial charge in [-0.25, -0.2) is 0 Å². The Bertz CT molecular complexity index is 1460. The maximum absolute atomic E-state index is 13.1. The molecule has 0 aliphatic carbocycles. The Morgan fingerprint density at radius 1 is 0.615 bits per heavy atom. The first-order chi connectivity index (χ1) is 18.9. The van der Waals surface area contributed by atoms with Crippen molar-refractivity contribution in [3.05, 3.63) is 156 Å². The summed E-state index contributed by atoms with van der Waals surface area (Å²) >= 11 is 0. The van der Waals surface area contributed by atoms with Crippen molar-refractivity contribution >= 4 is 34.8 Å². The van der Waals surface area contributed by atoms with Crippen molar-refractivity contribution in [3.8, 4) is 0 Å². The van der Waals surface area contributed by atoms with Crippen LogP contribution in [-0.4, -0.2) is 5.91 Å². The standard InChI is InChI=1S/C33H27F3NOP/c34-33(35,36)27-14-11-15-28(23-27)37-32(38)26-13-10-12-25(22-26)24-39(29-16-4-1-5-17-29,30-18-6-2-7-19-30)31-20-8-3-9-21-31/h1-23,39H,24H2,(H,37,38). The van der Waals surface area contributed by atoms with E-state index >= 15 is 0 Å². The molecule has 1 amide bonds. The van der Waals surface area contributed by atoms with Gasteiger partial charge in [-0.2, -0.15) is 0 Å². The molecule has 6 heteroatoms. The third-order valence-corrected chi connectivity index (χ3v) is 11.8. The van der Waals surface area contributed by atoms with Gasteiger partial charge in [0.15, 0.2) is 0 Å². The van der Waals surface area contributed by atoms with E-state index in [0.717, 1.165) is 17.7 Å². The van der Waals surface area contributed by atoms with Crippen molar-refractivity contribution in [2.45, 2.75) is 12.3 Å². The summed E-state index contributed by atoms with van der Waals surface area (Å²) in [4.78, 5) is 13.1. The Morgan fingerprint density at radius 3 is 1.64 bits per heavy atom. The van der Waals surface area contributed by atoms with Crippen LogP contribution in [0.1, 0.15) is 21.5 Å². The number of benzene rings is 5. The second kappa shape index (κ2) is 11.3. The molecule has 5 aromatic rings. The van der Waals surface area contributed by atoms with Crippen molar-refractivity contribution in [3.63, 3.8) is 0 Å². The molecule has 0 heterocycles. The molecule has 39 heavy (non-hydrogen) atoms. The van der Waals surface area contributed by atoms with Crippen molar-refractivity contribution in [1.29, 1.82) is 0 Å². The van der Waals surface area contributed by atoms with Gasteiger partial charge in [0, 0.05) is 0 Å². The number of halogens is 3. The topological polar surface area (TPSA) is 29.1 Å². The molecule has 0 bridgehead atoms. The van der Waals surface area contributed by atoms with Crippen LogP contribution in [0.3, 0.4) is 0 Å². The Hall–Kier alpha value is -4.21. The number of rotatable bonds is 7. The zero-order chi connectivity index (χ0) is 27.3. The first-order valence-corrected chi connectivity index (χ1v) is 14.8. The number of hydrogen-bond donors (Lipinski definition) is 1. The Kier molecular flexibility index (Phi) is 7.63. The molecule has 0 spiro atoms. The monoisotopic (exact) mass is 541 g/mol. The SMILES string of the molecule is O=C(Nc1cccc(C(F)(F)F)c1)c1cccc(C[PH](c2ccccc2)(c2ccccc2)c2ccccc2)c1. The third kappa shape index (κ3) is 5.79. The van der Waals surface area contributed by atoms with Crippen LogP contribution >= 0.6 is 7.26 Å². The van der Waals surface area contributed by atoms with Gasteiger partial charge in [0.2, 0.25) is 0 Å². The predicted octanol–water partition coefficient (Wildman–Crippen LogP) is 7.18. The van der Waals surface area contributed by atoms with Gasteiger partial charge >= 0.3 is 227 Å². The van der Waals surface area contributed by atoms with Gasteiger partial charge in [-0.3, -0.25) is 0 Å². The van der Waals surface area contributed by atoms with Crippen LogP contribution in [0.25, 0.3) is 0 Å². The quantitative estimate of drug-likeness (QED) is 0.217. The predicted molar refractivity (Wildman–Crippen MR) is 156 cm³/mol. The number of hydrogen-bond acceptors (Lipinski definition) is 1. The summed E-state index contributed by atoms with van der Waals surface area (Å²) < 4.78 is 39.4. The Balaban J connectivity index is 1.54. The normalized spacial score (nSPS) is 12.1. The van der Waals surface area contributed by atoms with Gasteiger partial charge in [-0.1, -0.05) is 0 Å². The van der Waals surface area contributed by atoms with E-state index in [4.69, 9.17) is 0 Å². The van der Waals surface area contributed by atoms with Crippen LogP contribution in [-0.2, 0) is 12.3 Å². The van der Waals surface area contributed by atoms with Gasteiger partial charge in [0.05, 0.1) is 0 Å². The average molecular weight is 542 g/mol. The number of amides is 1. The molecule has 0 fully saturated rings. The van der Waals surface area contributed by atoms with Crippen molar-refractivity contribution in [2.24, 2.45) is 0 Å². The zero-order valence-corrected chi connectivity index (χ0v) is 22.0. The molecule has 5 rings (SSSR count). The van der Waals surface area contributed by atoms with Gasteiger partial charge in [-0.05, 0) is 0 Å². The molecule has 0 aliphatic rings. The van der Waals surface area contributed by atoms with Gasteiger partial charge < -0.3 is 0 Å². The second-order valence-corrected chi connectivity index (χ2v) is 13.3. The minimum absolute atomic E-state index is 0.0989. The van der Waals surface area contributed by atoms with Crippen molar-refractivity contribution < 1.29 is 18.0 Å². The second-order valence-electron chi connectivity index (χ2n) is 9.41. The van der Waals surface area contributed by atoms with Crippen LogP contribution < -0.4 is 21.2 Å². The van der Waals surface area contributed by atoms with E-state index in [1.165, 1.54) is 28.0 Å².